The fraction of sp³-hybridized carbons (Fsp3) is 0.207. The van der Waals surface area contributed by atoms with Gasteiger partial charge in [-0.3, -0.25) is 4.79 Å². The maximum atomic E-state index is 13.4. The molecule has 1 heterocycles. The number of carbonyl (C=O) groups excluding carboxylic acids is 1. The molecule has 1 aliphatic carbocycles. The molecule has 1 aliphatic rings. The maximum Gasteiger partial charge on any atom is 0.251 e. The van der Waals surface area contributed by atoms with Crippen LogP contribution in [0.4, 0.5) is 4.39 Å². The summed E-state index contributed by atoms with van der Waals surface area (Å²) in [4.78, 5) is 12.6. The summed E-state index contributed by atoms with van der Waals surface area (Å²) in [5.74, 6) is 0.225. The lowest BCUT2D eigenvalue weighted by Crippen LogP contribution is -2.22. The van der Waals surface area contributed by atoms with Crippen LogP contribution in [0.15, 0.2) is 84.9 Å². The first-order valence-electron chi connectivity index (χ1n) is 11.5. The third-order valence-electron chi connectivity index (χ3n) is 6.43. The largest absolute Gasteiger partial charge is 0.348 e. The number of nitrogens with one attached hydrogen (secondary N) is 1. The molecule has 1 atom stereocenters. The van der Waals surface area contributed by atoms with E-state index in [1.807, 2.05) is 30.3 Å². The number of nitrogens with zero attached hydrogens (tertiary/aromatic N) is 1. The minimum absolute atomic E-state index is 0.169. The van der Waals surface area contributed by atoms with E-state index in [1.165, 1.54) is 41.1 Å². The monoisotopic (exact) mass is 438 g/mol. The average molecular weight is 439 g/mol. The van der Waals surface area contributed by atoms with Gasteiger partial charge in [-0.1, -0.05) is 49.4 Å². The van der Waals surface area contributed by atoms with Gasteiger partial charge in [0.1, 0.15) is 5.82 Å². The van der Waals surface area contributed by atoms with Gasteiger partial charge in [0.2, 0.25) is 0 Å². The summed E-state index contributed by atoms with van der Waals surface area (Å²) in [7, 11) is 0. The average Bonchev–Trinajstić information content (AvgIpc) is 3.22. The molecule has 5 rings (SSSR count). The second kappa shape index (κ2) is 9.07. The number of rotatable bonds is 5. The highest BCUT2D eigenvalue weighted by Gasteiger charge is 2.23. The summed E-state index contributed by atoms with van der Waals surface area (Å²) in [5.41, 5.74) is 7.56. The number of halogens is 1. The van der Waals surface area contributed by atoms with Crippen molar-refractivity contribution in [1.82, 2.24) is 9.88 Å². The molecule has 0 spiro atoms. The van der Waals surface area contributed by atoms with Gasteiger partial charge in [-0.15, -0.1) is 0 Å². The van der Waals surface area contributed by atoms with Crippen LogP contribution >= 0.6 is 0 Å². The van der Waals surface area contributed by atoms with Crippen LogP contribution in [0.1, 0.15) is 40.5 Å². The first-order valence-corrected chi connectivity index (χ1v) is 11.5. The van der Waals surface area contributed by atoms with Gasteiger partial charge in [-0.05, 0) is 84.3 Å². The normalized spacial score (nSPS) is 15.2. The number of benzene rings is 3. The number of fused-ring (bicyclic) bond motifs is 1. The van der Waals surface area contributed by atoms with Crippen molar-refractivity contribution < 1.29 is 9.18 Å². The van der Waals surface area contributed by atoms with Crippen LogP contribution in [-0.4, -0.2) is 10.5 Å². The Hall–Kier alpha value is -3.66. The molecule has 0 radical (unpaired) electrons. The van der Waals surface area contributed by atoms with Crippen LogP contribution in [0.25, 0.3) is 16.9 Å². The van der Waals surface area contributed by atoms with Crippen LogP contribution in [0.5, 0.6) is 0 Å². The molecule has 1 amide bonds. The molecular weight excluding hydrogens is 411 g/mol. The van der Waals surface area contributed by atoms with Gasteiger partial charge in [0.25, 0.3) is 5.91 Å². The summed E-state index contributed by atoms with van der Waals surface area (Å²) in [6.07, 6.45) is 3.34. The number of hydrogen-bond acceptors (Lipinski definition) is 1. The predicted molar refractivity (Wildman–Crippen MR) is 130 cm³/mol. The first kappa shape index (κ1) is 21.2. The molecule has 3 aromatic carbocycles. The number of aromatic nitrogens is 1. The smallest absolute Gasteiger partial charge is 0.251 e. The Morgan fingerprint density at radius 1 is 1.00 bits per heavy atom. The fourth-order valence-electron chi connectivity index (χ4n) is 4.72. The first-order chi connectivity index (χ1) is 16.1. The summed E-state index contributed by atoms with van der Waals surface area (Å²) in [5, 5.41) is 2.88. The van der Waals surface area contributed by atoms with Crippen molar-refractivity contribution >= 4 is 5.91 Å². The lowest BCUT2D eigenvalue weighted by molar-refractivity contribution is 0.0951. The van der Waals surface area contributed by atoms with Crippen molar-refractivity contribution in [3.05, 3.63) is 113 Å². The molecule has 0 aliphatic heterocycles. The van der Waals surface area contributed by atoms with E-state index in [-0.39, 0.29) is 11.7 Å². The second-order valence-electron chi connectivity index (χ2n) is 8.91. The molecule has 1 N–H and O–H groups in total. The SMILES string of the molecule is CC1CCc2c(cc(-c3ccccc3)n2-c2ccc(C(=O)NCc3cccc(F)c3)cc2)C1. The van der Waals surface area contributed by atoms with Gasteiger partial charge in [0.05, 0.1) is 5.69 Å². The van der Waals surface area contributed by atoms with Crippen LogP contribution in [0.2, 0.25) is 0 Å². The third kappa shape index (κ3) is 4.47. The molecular formula is C29H27FN2O. The zero-order valence-corrected chi connectivity index (χ0v) is 18.7. The van der Waals surface area contributed by atoms with E-state index in [0.717, 1.165) is 24.1 Å². The van der Waals surface area contributed by atoms with Crippen LogP contribution in [0, 0.1) is 11.7 Å². The van der Waals surface area contributed by atoms with Gasteiger partial charge in [-0.25, -0.2) is 4.39 Å². The molecule has 0 saturated heterocycles. The van der Waals surface area contributed by atoms with Crippen molar-refractivity contribution in [3.8, 4) is 16.9 Å². The zero-order chi connectivity index (χ0) is 22.8. The van der Waals surface area contributed by atoms with Crippen molar-refractivity contribution in [2.75, 3.05) is 0 Å². The molecule has 0 bridgehead atoms. The van der Waals surface area contributed by atoms with Gasteiger partial charge in [-0.2, -0.15) is 0 Å². The Bertz CT molecular complexity index is 1270. The number of carbonyl (C=O) groups is 1. The van der Waals surface area contributed by atoms with E-state index in [4.69, 9.17) is 0 Å². The predicted octanol–water partition coefficient (Wildman–Crippen LogP) is 6.34. The second-order valence-corrected chi connectivity index (χ2v) is 8.91. The highest BCUT2D eigenvalue weighted by molar-refractivity contribution is 5.94. The van der Waals surface area contributed by atoms with E-state index in [1.54, 1.807) is 12.1 Å². The van der Waals surface area contributed by atoms with Crippen molar-refractivity contribution in [2.45, 2.75) is 32.7 Å². The zero-order valence-electron chi connectivity index (χ0n) is 18.7. The van der Waals surface area contributed by atoms with Crippen molar-refractivity contribution in [2.24, 2.45) is 5.92 Å². The van der Waals surface area contributed by atoms with E-state index < -0.39 is 0 Å². The minimum atomic E-state index is -0.301. The van der Waals surface area contributed by atoms with E-state index >= 15 is 0 Å². The van der Waals surface area contributed by atoms with Gasteiger partial charge in [0.15, 0.2) is 0 Å². The topological polar surface area (TPSA) is 34.0 Å². The van der Waals surface area contributed by atoms with E-state index in [0.29, 0.717) is 18.0 Å². The van der Waals surface area contributed by atoms with Crippen molar-refractivity contribution in [3.63, 3.8) is 0 Å². The quantitative estimate of drug-likeness (QED) is 0.388. The molecule has 0 fully saturated rings. The molecule has 4 heteroatoms. The molecule has 3 nitrogen and oxygen atoms in total. The van der Waals surface area contributed by atoms with Gasteiger partial charge < -0.3 is 9.88 Å². The molecule has 1 unspecified atom stereocenters. The summed E-state index contributed by atoms with van der Waals surface area (Å²) in [6.45, 7) is 2.61. The summed E-state index contributed by atoms with van der Waals surface area (Å²) in [6, 6.07) is 26.8. The Morgan fingerprint density at radius 2 is 1.79 bits per heavy atom. The van der Waals surface area contributed by atoms with Crippen LogP contribution in [-0.2, 0) is 19.4 Å². The van der Waals surface area contributed by atoms with Crippen molar-refractivity contribution in [1.29, 1.82) is 0 Å². The summed E-state index contributed by atoms with van der Waals surface area (Å²) < 4.78 is 15.7. The maximum absolute atomic E-state index is 13.4. The highest BCUT2D eigenvalue weighted by atomic mass is 19.1. The van der Waals surface area contributed by atoms with Gasteiger partial charge in [0, 0.05) is 23.5 Å². The molecule has 1 aromatic heterocycles. The highest BCUT2D eigenvalue weighted by Crippen LogP contribution is 2.35. The minimum Gasteiger partial charge on any atom is -0.348 e. The Balaban J connectivity index is 1.42. The Morgan fingerprint density at radius 3 is 2.55 bits per heavy atom. The molecule has 166 valence electrons. The third-order valence-corrected chi connectivity index (χ3v) is 6.43. The van der Waals surface area contributed by atoms with Crippen LogP contribution in [0.3, 0.4) is 0 Å². The Kier molecular flexibility index (Phi) is 5.82. The number of hydrogen-bond donors (Lipinski definition) is 1. The standard InChI is InChI=1S/C29H27FN2O/c1-20-10-15-27-24(16-20)18-28(22-7-3-2-4-8-22)32(27)26-13-11-23(12-14-26)29(33)31-19-21-6-5-9-25(30)17-21/h2-9,11-14,17-18,20H,10,15-16,19H2,1H3,(H,31,33). The molecule has 4 aromatic rings. The molecule has 0 saturated carbocycles. The van der Waals surface area contributed by atoms with E-state index in [9.17, 15) is 9.18 Å². The number of amides is 1. The fourth-order valence-corrected chi connectivity index (χ4v) is 4.72. The summed E-state index contributed by atoms with van der Waals surface area (Å²) >= 11 is 0. The lowest BCUT2D eigenvalue weighted by Gasteiger charge is -2.21. The van der Waals surface area contributed by atoms with Gasteiger partial charge >= 0.3 is 0 Å². The lowest BCUT2D eigenvalue weighted by atomic mass is 9.89. The molecule has 33 heavy (non-hydrogen) atoms. The Labute approximate surface area is 193 Å². The van der Waals surface area contributed by atoms with Crippen LogP contribution < -0.4 is 5.32 Å². The van der Waals surface area contributed by atoms with E-state index in [2.05, 4.69) is 47.1 Å².